The molecule has 1 fully saturated rings. The highest BCUT2D eigenvalue weighted by molar-refractivity contribution is 6.30. The number of hydrogen-bond acceptors (Lipinski definition) is 3. The van der Waals surface area contributed by atoms with Crippen molar-refractivity contribution in [1.29, 1.82) is 0 Å². The molecule has 0 radical (unpaired) electrons. The van der Waals surface area contributed by atoms with E-state index in [0.29, 0.717) is 18.1 Å². The van der Waals surface area contributed by atoms with Gasteiger partial charge in [0.25, 0.3) is 0 Å². The van der Waals surface area contributed by atoms with E-state index >= 15 is 0 Å². The first-order valence-electron chi connectivity index (χ1n) is 6.44. The molecule has 1 aliphatic rings. The fraction of sp³-hybridized carbons (Fsp3) is 0.571. The van der Waals surface area contributed by atoms with Gasteiger partial charge in [-0.3, -0.25) is 4.98 Å². The fourth-order valence-electron chi connectivity index (χ4n) is 2.12. The lowest BCUT2D eigenvalue weighted by Crippen LogP contribution is -2.35. The lowest BCUT2D eigenvalue weighted by Gasteiger charge is -2.24. The summed E-state index contributed by atoms with van der Waals surface area (Å²) in [4.78, 5) is 18.0. The molecule has 19 heavy (non-hydrogen) atoms. The summed E-state index contributed by atoms with van der Waals surface area (Å²) in [6, 6.07) is 3.76. The molecule has 0 saturated carbocycles. The molecule has 1 unspecified atom stereocenters. The van der Waals surface area contributed by atoms with E-state index in [4.69, 9.17) is 16.3 Å². The van der Waals surface area contributed by atoms with Crippen LogP contribution in [0.3, 0.4) is 0 Å². The molecule has 2 heterocycles. The smallest absolute Gasteiger partial charge is 0.410 e. The second-order valence-electron chi connectivity index (χ2n) is 5.81. The van der Waals surface area contributed by atoms with Crippen LogP contribution in [0.2, 0.25) is 5.02 Å². The van der Waals surface area contributed by atoms with Crippen molar-refractivity contribution in [3.05, 3.63) is 29.0 Å². The Balaban J connectivity index is 1.96. The molecule has 4 nitrogen and oxygen atoms in total. The molecule has 5 heteroatoms. The van der Waals surface area contributed by atoms with Crippen LogP contribution in [0.5, 0.6) is 0 Å². The van der Waals surface area contributed by atoms with E-state index in [2.05, 4.69) is 4.98 Å². The average molecular weight is 283 g/mol. The molecular formula is C14H19ClN2O2. The highest BCUT2D eigenvalue weighted by atomic mass is 35.5. The highest BCUT2D eigenvalue weighted by Crippen LogP contribution is 2.27. The van der Waals surface area contributed by atoms with E-state index < -0.39 is 5.60 Å². The van der Waals surface area contributed by atoms with E-state index in [1.807, 2.05) is 32.9 Å². The van der Waals surface area contributed by atoms with Gasteiger partial charge in [-0.05, 0) is 39.3 Å². The SMILES string of the molecule is CC(C)(C)OC(=O)N1CCC(c2ccc(Cl)cn2)C1. The maximum atomic E-state index is 12.0. The van der Waals surface area contributed by atoms with Crippen molar-refractivity contribution in [3.8, 4) is 0 Å². The second-order valence-corrected chi connectivity index (χ2v) is 6.25. The number of nitrogens with zero attached hydrogens (tertiary/aromatic N) is 2. The van der Waals surface area contributed by atoms with Crippen molar-refractivity contribution < 1.29 is 9.53 Å². The number of rotatable bonds is 1. The topological polar surface area (TPSA) is 42.4 Å². The second kappa shape index (κ2) is 5.37. The predicted molar refractivity (Wildman–Crippen MR) is 74.4 cm³/mol. The van der Waals surface area contributed by atoms with Gasteiger partial charge in [0, 0.05) is 30.9 Å². The van der Waals surface area contributed by atoms with Gasteiger partial charge < -0.3 is 9.64 Å². The summed E-state index contributed by atoms with van der Waals surface area (Å²) in [5, 5.41) is 0.630. The van der Waals surface area contributed by atoms with E-state index in [1.54, 1.807) is 11.1 Å². The van der Waals surface area contributed by atoms with E-state index in [-0.39, 0.29) is 12.0 Å². The van der Waals surface area contributed by atoms with Gasteiger partial charge in [0.2, 0.25) is 0 Å². The zero-order valence-corrected chi connectivity index (χ0v) is 12.3. The molecule has 1 aromatic heterocycles. The summed E-state index contributed by atoms with van der Waals surface area (Å²) in [6.45, 7) is 6.99. The van der Waals surface area contributed by atoms with Gasteiger partial charge in [-0.15, -0.1) is 0 Å². The molecule has 1 aliphatic heterocycles. The van der Waals surface area contributed by atoms with Crippen LogP contribution in [-0.4, -0.2) is 34.7 Å². The van der Waals surface area contributed by atoms with Gasteiger partial charge in [-0.2, -0.15) is 0 Å². The van der Waals surface area contributed by atoms with Crippen molar-refractivity contribution in [2.75, 3.05) is 13.1 Å². The lowest BCUT2D eigenvalue weighted by molar-refractivity contribution is 0.0292. The van der Waals surface area contributed by atoms with Gasteiger partial charge in [0.15, 0.2) is 0 Å². The highest BCUT2D eigenvalue weighted by Gasteiger charge is 2.30. The predicted octanol–water partition coefficient (Wildman–Crippen LogP) is 3.46. The molecule has 1 amide bonds. The normalized spacial score (nSPS) is 19.6. The van der Waals surface area contributed by atoms with Gasteiger partial charge in [0.1, 0.15) is 5.60 Å². The minimum atomic E-state index is -0.451. The van der Waals surface area contributed by atoms with Crippen LogP contribution in [-0.2, 0) is 4.74 Å². The summed E-state index contributed by atoms with van der Waals surface area (Å²) in [7, 11) is 0. The van der Waals surface area contributed by atoms with Crippen LogP contribution in [0.25, 0.3) is 0 Å². The largest absolute Gasteiger partial charge is 0.444 e. The van der Waals surface area contributed by atoms with Gasteiger partial charge in [0.05, 0.1) is 5.02 Å². The van der Waals surface area contributed by atoms with E-state index in [9.17, 15) is 4.79 Å². The molecule has 0 spiro atoms. The van der Waals surface area contributed by atoms with Crippen molar-refractivity contribution >= 4 is 17.7 Å². The summed E-state index contributed by atoms with van der Waals surface area (Å²) < 4.78 is 5.37. The zero-order chi connectivity index (χ0) is 14.0. The van der Waals surface area contributed by atoms with Crippen molar-refractivity contribution in [2.24, 2.45) is 0 Å². The van der Waals surface area contributed by atoms with Crippen LogP contribution in [0.1, 0.15) is 38.8 Å². The van der Waals surface area contributed by atoms with Crippen LogP contribution < -0.4 is 0 Å². The summed E-state index contributed by atoms with van der Waals surface area (Å²) in [5.74, 6) is 0.268. The minimum Gasteiger partial charge on any atom is -0.444 e. The van der Waals surface area contributed by atoms with Crippen LogP contribution in [0.4, 0.5) is 4.79 Å². The number of aromatic nitrogens is 1. The molecule has 1 aromatic rings. The van der Waals surface area contributed by atoms with Gasteiger partial charge in [-0.1, -0.05) is 11.6 Å². The molecule has 0 aliphatic carbocycles. The minimum absolute atomic E-state index is 0.246. The number of carbonyl (C=O) groups is 1. The number of ether oxygens (including phenoxy) is 1. The number of halogens is 1. The Hall–Kier alpha value is -1.29. The average Bonchev–Trinajstić information content (AvgIpc) is 2.77. The summed E-state index contributed by atoms with van der Waals surface area (Å²) in [6.07, 6.45) is 2.31. The summed E-state index contributed by atoms with van der Waals surface area (Å²) in [5.41, 5.74) is 0.531. The Morgan fingerprint density at radius 2 is 2.21 bits per heavy atom. The first-order chi connectivity index (χ1) is 8.85. The Morgan fingerprint density at radius 3 is 2.79 bits per heavy atom. The Bertz CT molecular complexity index is 454. The number of carbonyl (C=O) groups excluding carboxylic acids is 1. The number of likely N-dealkylation sites (tertiary alicyclic amines) is 1. The fourth-order valence-corrected chi connectivity index (χ4v) is 2.23. The van der Waals surface area contributed by atoms with Crippen LogP contribution in [0, 0.1) is 0 Å². The van der Waals surface area contributed by atoms with Crippen LogP contribution >= 0.6 is 11.6 Å². The quantitative estimate of drug-likeness (QED) is 0.792. The molecule has 2 rings (SSSR count). The first kappa shape index (κ1) is 14.1. The first-order valence-corrected chi connectivity index (χ1v) is 6.82. The third kappa shape index (κ3) is 3.83. The number of pyridine rings is 1. The molecule has 1 atom stereocenters. The standard InChI is InChI=1S/C14H19ClN2O2/c1-14(2,3)19-13(18)17-7-6-10(9-17)12-5-4-11(15)8-16-12/h4-5,8,10H,6-7,9H2,1-3H3. The Morgan fingerprint density at radius 1 is 1.47 bits per heavy atom. The lowest BCUT2D eigenvalue weighted by atomic mass is 10.0. The van der Waals surface area contributed by atoms with E-state index in [0.717, 1.165) is 12.1 Å². The number of amides is 1. The monoisotopic (exact) mass is 282 g/mol. The zero-order valence-electron chi connectivity index (χ0n) is 11.5. The summed E-state index contributed by atoms with van der Waals surface area (Å²) >= 11 is 5.82. The molecule has 0 aromatic carbocycles. The van der Waals surface area contributed by atoms with Crippen molar-refractivity contribution in [3.63, 3.8) is 0 Å². The maximum Gasteiger partial charge on any atom is 0.410 e. The van der Waals surface area contributed by atoms with Crippen molar-refractivity contribution in [2.45, 2.75) is 38.7 Å². The van der Waals surface area contributed by atoms with E-state index in [1.165, 1.54) is 0 Å². The molecular weight excluding hydrogens is 264 g/mol. The van der Waals surface area contributed by atoms with Gasteiger partial charge >= 0.3 is 6.09 Å². The third-order valence-electron chi connectivity index (χ3n) is 3.01. The third-order valence-corrected chi connectivity index (χ3v) is 3.23. The Kier molecular flexibility index (Phi) is 3.99. The molecule has 104 valence electrons. The van der Waals surface area contributed by atoms with Crippen LogP contribution in [0.15, 0.2) is 18.3 Å². The molecule has 0 N–H and O–H groups in total. The Labute approximate surface area is 118 Å². The number of hydrogen-bond donors (Lipinski definition) is 0. The maximum absolute atomic E-state index is 12.0. The van der Waals surface area contributed by atoms with Crippen molar-refractivity contribution in [1.82, 2.24) is 9.88 Å². The van der Waals surface area contributed by atoms with Gasteiger partial charge in [-0.25, -0.2) is 4.79 Å². The molecule has 1 saturated heterocycles. The molecule has 0 bridgehead atoms.